The molecule has 1 atom stereocenters. The van der Waals surface area contributed by atoms with E-state index in [2.05, 4.69) is 15.3 Å². The second-order valence-corrected chi connectivity index (χ2v) is 4.26. The number of aromatic nitrogens is 2. The first kappa shape index (κ1) is 11.9. The third-order valence-corrected chi connectivity index (χ3v) is 3.01. The Labute approximate surface area is 100 Å². The van der Waals surface area contributed by atoms with Crippen molar-refractivity contribution in [2.75, 3.05) is 32.1 Å². The van der Waals surface area contributed by atoms with Gasteiger partial charge in [-0.15, -0.1) is 0 Å². The third kappa shape index (κ3) is 2.58. The van der Waals surface area contributed by atoms with E-state index in [0.717, 1.165) is 19.5 Å². The molecular weight excluding hydrogens is 220 g/mol. The molecular formula is C11H18N4O2. The Balaban J connectivity index is 2.15. The lowest BCUT2D eigenvalue weighted by atomic mass is 10.2. The van der Waals surface area contributed by atoms with E-state index in [1.165, 1.54) is 19.9 Å². The van der Waals surface area contributed by atoms with Crippen LogP contribution in [0, 0.1) is 0 Å². The lowest BCUT2D eigenvalue weighted by Crippen LogP contribution is -2.36. The number of anilines is 1. The zero-order valence-corrected chi connectivity index (χ0v) is 10.2. The topological polar surface area (TPSA) is 70.2 Å². The summed E-state index contributed by atoms with van der Waals surface area (Å²) in [5, 5.41) is 3.41. The van der Waals surface area contributed by atoms with E-state index in [4.69, 9.17) is 4.74 Å². The van der Waals surface area contributed by atoms with Gasteiger partial charge in [-0.05, 0) is 19.4 Å². The summed E-state index contributed by atoms with van der Waals surface area (Å²) in [7, 11) is 3.40. The van der Waals surface area contributed by atoms with Crippen LogP contribution in [-0.4, -0.2) is 43.3 Å². The summed E-state index contributed by atoms with van der Waals surface area (Å²) in [5.74, 6) is 0.859. The monoisotopic (exact) mass is 238 g/mol. The first-order chi connectivity index (χ1) is 8.22. The fraction of sp³-hybridized carbons (Fsp3) is 0.636. The van der Waals surface area contributed by atoms with Crippen molar-refractivity contribution >= 4 is 5.82 Å². The van der Waals surface area contributed by atoms with E-state index in [0.29, 0.717) is 11.9 Å². The van der Waals surface area contributed by atoms with Gasteiger partial charge in [0.2, 0.25) is 5.75 Å². The summed E-state index contributed by atoms with van der Waals surface area (Å²) in [4.78, 5) is 20.2. The molecule has 1 saturated heterocycles. The van der Waals surface area contributed by atoms with Crippen molar-refractivity contribution in [3.63, 3.8) is 0 Å². The summed E-state index contributed by atoms with van der Waals surface area (Å²) in [6.07, 6.45) is 3.77. The Morgan fingerprint density at radius 2 is 2.47 bits per heavy atom. The van der Waals surface area contributed by atoms with Crippen LogP contribution in [-0.2, 0) is 0 Å². The van der Waals surface area contributed by atoms with Crippen molar-refractivity contribution in [2.24, 2.45) is 0 Å². The maximum atomic E-state index is 11.5. The number of likely N-dealkylation sites (N-methyl/N-ethyl adjacent to an activating group) is 1. The largest absolute Gasteiger partial charge is 0.489 e. The van der Waals surface area contributed by atoms with Gasteiger partial charge in [0.25, 0.3) is 5.56 Å². The number of nitrogens with one attached hydrogen (secondary N) is 2. The van der Waals surface area contributed by atoms with Crippen molar-refractivity contribution in [3.05, 3.63) is 16.7 Å². The molecule has 1 fully saturated rings. The molecule has 0 spiro atoms. The van der Waals surface area contributed by atoms with Gasteiger partial charge >= 0.3 is 0 Å². The van der Waals surface area contributed by atoms with Gasteiger partial charge in [-0.3, -0.25) is 4.79 Å². The van der Waals surface area contributed by atoms with E-state index in [9.17, 15) is 4.79 Å². The molecule has 0 saturated carbocycles. The molecule has 1 aliphatic rings. The number of methoxy groups -OCH3 is 1. The van der Waals surface area contributed by atoms with Gasteiger partial charge in [-0.1, -0.05) is 0 Å². The highest BCUT2D eigenvalue weighted by Crippen LogP contribution is 2.20. The van der Waals surface area contributed by atoms with Crippen LogP contribution in [0.25, 0.3) is 0 Å². The lowest BCUT2D eigenvalue weighted by Gasteiger charge is -2.23. The van der Waals surface area contributed by atoms with Gasteiger partial charge in [0.05, 0.1) is 13.4 Å². The average molecular weight is 238 g/mol. The number of ether oxygens (including phenoxy) is 1. The van der Waals surface area contributed by atoms with Crippen LogP contribution in [0.15, 0.2) is 11.1 Å². The summed E-state index contributed by atoms with van der Waals surface area (Å²) >= 11 is 0. The summed E-state index contributed by atoms with van der Waals surface area (Å²) in [6, 6.07) is 0.464. The highest BCUT2D eigenvalue weighted by atomic mass is 16.5. The van der Waals surface area contributed by atoms with Crippen molar-refractivity contribution < 1.29 is 4.74 Å². The minimum absolute atomic E-state index is 0.247. The quantitative estimate of drug-likeness (QED) is 0.770. The smallest absolute Gasteiger partial charge is 0.295 e. The maximum Gasteiger partial charge on any atom is 0.295 e. The number of hydrogen-bond donors (Lipinski definition) is 2. The zero-order valence-electron chi connectivity index (χ0n) is 10.2. The summed E-state index contributed by atoms with van der Waals surface area (Å²) in [5.41, 5.74) is -0.247. The van der Waals surface area contributed by atoms with E-state index < -0.39 is 0 Å². The highest BCUT2D eigenvalue weighted by Gasteiger charge is 2.19. The average Bonchev–Trinajstić information content (AvgIpc) is 2.81. The summed E-state index contributed by atoms with van der Waals surface area (Å²) in [6.45, 7) is 1.89. The van der Waals surface area contributed by atoms with E-state index in [1.54, 1.807) is 0 Å². The van der Waals surface area contributed by atoms with E-state index in [-0.39, 0.29) is 11.3 Å². The number of nitrogens with zero attached hydrogens (tertiary/aromatic N) is 2. The zero-order chi connectivity index (χ0) is 12.3. The molecule has 2 N–H and O–H groups in total. The van der Waals surface area contributed by atoms with Crippen LogP contribution in [0.1, 0.15) is 12.8 Å². The molecule has 6 heteroatoms. The number of rotatable bonds is 4. The minimum atomic E-state index is -0.247. The molecule has 0 aliphatic carbocycles. The number of aromatic amines is 1. The lowest BCUT2D eigenvalue weighted by molar-refractivity contribution is 0.405. The van der Waals surface area contributed by atoms with Gasteiger partial charge in [0, 0.05) is 19.6 Å². The second kappa shape index (κ2) is 5.18. The Hall–Kier alpha value is -1.56. The van der Waals surface area contributed by atoms with Gasteiger partial charge in [0.1, 0.15) is 0 Å². The third-order valence-electron chi connectivity index (χ3n) is 3.01. The standard InChI is InChI=1S/C11H18N4O2/c1-15(6-8-4-3-5-12-8)10-9(17-2)11(16)14-7-13-10/h7-8,12H,3-6H2,1-2H3,(H,13,14,16). The normalized spacial score (nSPS) is 19.3. The summed E-state index contributed by atoms with van der Waals surface area (Å²) < 4.78 is 5.09. The van der Waals surface area contributed by atoms with Gasteiger partial charge in [-0.2, -0.15) is 0 Å². The molecule has 1 unspecified atom stereocenters. The van der Waals surface area contributed by atoms with Crippen molar-refractivity contribution in [3.8, 4) is 5.75 Å². The first-order valence-corrected chi connectivity index (χ1v) is 5.78. The number of hydrogen-bond acceptors (Lipinski definition) is 5. The molecule has 17 heavy (non-hydrogen) atoms. The van der Waals surface area contributed by atoms with Gasteiger partial charge in [0.15, 0.2) is 5.82 Å². The molecule has 0 aromatic carbocycles. The Morgan fingerprint density at radius 3 is 3.12 bits per heavy atom. The van der Waals surface area contributed by atoms with Crippen molar-refractivity contribution in [1.82, 2.24) is 15.3 Å². The van der Waals surface area contributed by atoms with Crippen LogP contribution >= 0.6 is 0 Å². The maximum absolute atomic E-state index is 11.5. The molecule has 1 aliphatic heterocycles. The van der Waals surface area contributed by atoms with Crippen molar-refractivity contribution in [1.29, 1.82) is 0 Å². The molecule has 0 amide bonds. The predicted octanol–water partition coefficient (Wildman–Crippen LogP) is -0.0333. The first-order valence-electron chi connectivity index (χ1n) is 5.78. The SMILES string of the molecule is COc1c(N(C)CC2CCCN2)nc[nH]c1=O. The fourth-order valence-electron chi connectivity index (χ4n) is 2.16. The van der Waals surface area contributed by atoms with Gasteiger partial charge in [-0.25, -0.2) is 4.98 Å². The molecule has 2 rings (SSSR count). The van der Waals surface area contributed by atoms with Crippen LogP contribution in [0.3, 0.4) is 0 Å². The van der Waals surface area contributed by atoms with Crippen molar-refractivity contribution in [2.45, 2.75) is 18.9 Å². The second-order valence-electron chi connectivity index (χ2n) is 4.26. The van der Waals surface area contributed by atoms with Crippen LogP contribution < -0.4 is 20.5 Å². The Kier molecular flexibility index (Phi) is 3.63. The molecule has 2 heterocycles. The molecule has 0 radical (unpaired) electrons. The minimum Gasteiger partial charge on any atom is -0.489 e. The molecule has 1 aromatic heterocycles. The molecule has 0 bridgehead atoms. The van der Waals surface area contributed by atoms with Crippen LogP contribution in [0.5, 0.6) is 5.75 Å². The van der Waals surface area contributed by atoms with E-state index in [1.807, 2.05) is 11.9 Å². The molecule has 6 nitrogen and oxygen atoms in total. The van der Waals surface area contributed by atoms with Crippen LogP contribution in [0.2, 0.25) is 0 Å². The molecule has 1 aromatic rings. The highest BCUT2D eigenvalue weighted by molar-refractivity contribution is 5.50. The Morgan fingerprint density at radius 1 is 1.65 bits per heavy atom. The molecule has 94 valence electrons. The number of H-pyrrole nitrogens is 1. The Bertz CT molecular complexity index is 426. The van der Waals surface area contributed by atoms with Crippen LogP contribution in [0.4, 0.5) is 5.82 Å². The van der Waals surface area contributed by atoms with Gasteiger partial charge < -0.3 is 19.9 Å². The van der Waals surface area contributed by atoms with E-state index >= 15 is 0 Å². The predicted molar refractivity (Wildman–Crippen MR) is 65.7 cm³/mol. The fourth-order valence-corrected chi connectivity index (χ4v) is 2.16.